The molecule has 0 aromatic rings. The summed E-state index contributed by atoms with van der Waals surface area (Å²) in [4.78, 5) is 0. The van der Waals surface area contributed by atoms with Crippen LogP contribution in [-0.4, -0.2) is 55.7 Å². The Bertz CT molecular complexity index is 301. The molecule has 3 unspecified atom stereocenters. The largest absolute Gasteiger partial charge is 0.376 e. The van der Waals surface area contributed by atoms with E-state index in [4.69, 9.17) is 20.1 Å². The van der Waals surface area contributed by atoms with Gasteiger partial charge in [-0.05, 0) is 43.1 Å². The topological polar surface area (TPSA) is 65.7 Å². The summed E-state index contributed by atoms with van der Waals surface area (Å²) in [5.74, 6) is 8.78. The van der Waals surface area contributed by atoms with Crippen molar-refractivity contribution in [1.29, 1.82) is 0 Å². The molecule has 3 atom stereocenters. The molecule has 3 saturated heterocycles. The molecule has 3 N–H and O–H groups in total. The zero-order chi connectivity index (χ0) is 13.8. The maximum absolute atomic E-state index is 6.16. The van der Waals surface area contributed by atoms with E-state index in [1.807, 2.05) is 11.8 Å². The molecule has 0 aromatic carbocycles. The van der Waals surface area contributed by atoms with E-state index >= 15 is 0 Å². The van der Waals surface area contributed by atoms with E-state index in [-0.39, 0.29) is 17.7 Å². The van der Waals surface area contributed by atoms with Gasteiger partial charge in [-0.1, -0.05) is 0 Å². The summed E-state index contributed by atoms with van der Waals surface area (Å²) < 4.78 is 17.5. The van der Waals surface area contributed by atoms with Crippen molar-refractivity contribution < 1.29 is 14.2 Å². The third-order valence-electron chi connectivity index (χ3n) is 4.88. The molecule has 3 rings (SSSR count). The van der Waals surface area contributed by atoms with Crippen LogP contribution in [0.3, 0.4) is 0 Å². The van der Waals surface area contributed by atoms with Crippen LogP contribution < -0.4 is 11.3 Å². The lowest BCUT2D eigenvalue weighted by Crippen LogP contribution is -2.57. The second-order valence-corrected chi connectivity index (χ2v) is 7.30. The minimum absolute atomic E-state index is 0.0758. The smallest absolute Gasteiger partial charge is 0.0978 e. The van der Waals surface area contributed by atoms with Gasteiger partial charge in [-0.3, -0.25) is 11.3 Å². The molecule has 20 heavy (non-hydrogen) atoms. The Morgan fingerprint density at radius 1 is 1.20 bits per heavy atom. The molecule has 5 nitrogen and oxygen atoms in total. The molecule has 0 bridgehead atoms. The summed E-state index contributed by atoms with van der Waals surface area (Å²) in [7, 11) is 0. The molecule has 116 valence electrons. The van der Waals surface area contributed by atoms with Crippen molar-refractivity contribution in [3.05, 3.63) is 0 Å². The Morgan fingerprint density at radius 3 is 2.75 bits per heavy atom. The highest BCUT2D eigenvalue weighted by molar-refractivity contribution is 7.99. The number of hydrogen-bond donors (Lipinski definition) is 2. The van der Waals surface area contributed by atoms with Gasteiger partial charge in [0.15, 0.2) is 0 Å². The van der Waals surface area contributed by atoms with Crippen molar-refractivity contribution in [2.75, 3.05) is 37.9 Å². The van der Waals surface area contributed by atoms with Crippen molar-refractivity contribution >= 4 is 11.8 Å². The monoisotopic (exact) mass is 302 g/mol. The third-order valence-corrected chi connectivity index (χ3v) is 5.86. The second-order valence-electron chi connectivity index (χ2n) is 6.07. The Labute approximate surface area is 125 Å². The molecule has 0 radical (unpaired) electrons. The first-order valence-electron chi connectivity index (χ1n) is 7.70. The van der Waals surface area contributed by atoms with Crippen molar-refractivity contribution in [2.45, 2.75) is 43.4 Å². The number of nitrogens with one attached hydrogen (secondary N) is 1. The first-order valence-corrected chi connectivity index (χ1v) is 8.86. The average molecular weight is 302 g/mol. The van der Waals surface area contributed by atoms with Crippen LogP contribution in [0.25, 0.3) is 0 Å². The highest BCUT2D eigenvalue weighted by atomic mass is 32.2. The fraction of sp³-hybridized carbons (Fsp3) is 1.00. The summed E-state index contributed by atoms with van der Waals surface area (Å²) in [6.45, 7) is 2.87. The van der Waals surface area contributed by atoms with Crippen LogP contribution in [0.5, 0.6) is 0 Å². The predicted molar refractivity (Wildman–Crippen MR) is 79.6 cm³/mol. The van der Waals surface area contributed by atoms with Crippen LogP contribution in [0.1, 0.15) is 25.7 Å². The summed E-state index contributed by atoms with van der Waals surface area (Å²) in [5.41, 5.74) is 3.09. The molecule has 0 amide bonds. The van der Waals surface area contributed by atoms with Gasteiger partial charge >= 0.3 is 0 Å². The van der Waals surface area contributed by atoms with Crippen molar-refractivity contribution in [3.63, 3.8) is 0 Å². The van der Waals surface area contributed by atoms with Gasteiger partial charge in [-0.2, -0.15) is 11.8 Å². The van der Waals surface area contributed by atoms with E-state index in [1.54, 1.807) is 0 Å². The maximum atomic E-state index is 6.16. The minimum atomic E-state index is 0.0758. The summed E-state index contributed by atoms with van der Waals surface area (Å²) in [6, 6.07) is 0.172. The molecule has 1 spiro atoms. The second kappa shape index (κ2) is 6.94. The van der Waals surface area contributed by atoms with Crippen LogP contribution in [0.4, 0.5) is 0 Å². The maximum Gasteiger partial charge on any atom is 0.0978 e. The molecular formula is C14H26N2O3S. The summed E-state index contributed by atoms with van der Waals surface area (Å²) in [6.07, 6.45) is 4.58. The first kappa shape index (κ1) is 15.1. The normalized spacial score (nSPS) is 35.9. The summed E-state index contributed by atoms with van der Waals surface area (Å²) in [5, 5.41) is 0. The Kier molecular flexibility index (Phi) is 5.23. The fourth-order valence-corrected chi connectivity index (χ4v) is 4.96. The lowest BCUT2D eigenvalue weighted by Gasteiger charge is -2.46. The van der Waals surface area contributed by atoms with Gasteiger partial charge in [0.05, 0.1) is 37.6 Å². The number of nitrogens with two attached hydrogens (primary N) is 1. The number of hydrazine groups is 1. The lowest BCUT2D eigenvalue weighted by atomic mass is 9.77. The van der Waals surface area contributed by atoms with E-state index in [0.717, 1.165) is 19.4 Å². The van der Waals surface area contributed by atoms with Gasteiger partial charge < -0.3 is 14.2 Å². The molecule has 3 fully saturated rings. The van der Waals surface area contributed by atoms with Gasteiger partial charge in [0.25, 0.3) is 0 Å². The van der Waals surface area contributed by atoms with E-state index < -0.39 is 0 Å². The van der Waals surface area contributed by atoms with Crippen LogP contribution >= 0.6 is 11.8 Å². The summed E-state index contributed by atoms with van der Waals surface area (Å²) >= 11 is 2.04. The molecule has 3 aliphatic heterocycles. The number of hydrogen-bond acceptors (Lipinski definition) is 6. The zero-order valence-electron chi connectivity index (χ0n) is 12.0. The molecule has 0 aromatic heterocycles. The molecule has 3 aliphatic rings. The molecule has 0 aliphatic carbocycles. The lowest BCUT2D eigenvalue weighted by molar-refractivity contribution is -0.139. The quantitative estimate of drug-likeness (QED) is 0.597. The highest BCUT2D eigenvalue weighted by Crippen LogP contribution is 2.41. The minimum Gasteiger partial charge on any atom is -0.376 e. The van der Waals surface area contributed by atoms with Crippen molar-refractivity contribution in [1.82, 2.24) is 5.43 Å². The van der Waals surface area contributed by atoms with E-state index in [1.165, 1.54) is 24.3 Å². The molecule has 6 heteroatoms. The van der Waals surface area contributed by atoms with E-state index in [2.05, 4.69) is 5.43 Å². The number of ether oxygens (including phenoxy) is 3. The molecular weight excluding hydrogens is 276 g/mol. The van der Waals surface area contributed by atoms with Crippen LogP contribution in [0.2, 0.25) is 0 Å². The number of rotatable bonds is 3. The van der Waals surface area contributed by atoms with Crippen LogP contribution in [-0.2, 0) is 14.2 Å². The van der Waals surface area contributed by atoms with Gasteiger partial charge in [0.2, 0.25) is 0 Å². The highest BCUT2D eigenvalue weighted by Gasteiger charge is 2.43. The van der Waals surface area contributed by atoms with Crippen LogP contribution in [0.15, 0.2) is 0 Å². The van der Waals surface area contributed by atoms with Gasteiger partial charge in [-0.15, -0.1) is 0 Å². The van der Waals surface area contributed by atoms with Gasteiger partial charge in [-0.25, -0.2) is 0 Å². The van der Waals surface area contributed by atoms with Crippen molar-refractivity contribution in [3.8, 4) is 0 Å². The van der Waals surface area contributed by atoms with E-state index in [0.29, 0.717) is 25.7 Å². The Morgan fingerprint density at radius 2 is 2.05 bits per heavy atom. The van der Waals surface area contributed by atoms with Gasteiger partial charge in [0.1, 0.15) is 0 Å². The van der Waals surface area contributed by atoms with Crippen molar-refractivity contribution in [2.24, 2.45) is 11.8 Å². The van der Waals surface area contributed by atoms with E-state index in [9.17, 15) is 0 Å². The first-order chi connectivity index (χ1) is 9.83. The average Bonchev–Trinajstić information content (AvgIpc) is 2.50. The SMILES string of the molecule is NNC(C1CCOC2(CCSCC2)C1)C1COCCO1. The van der Waals surface area contributed by atoms with Gasteiger partial charge in [0, 0.05) is 6.61 Å². The Hall–Kier alpha value is 0.150. The fourth-order valence-electron chi connectivity index (χ4n) is 3.72. The molecule has 3 heterocycles. The molecule has 0 saturated carbocycles. The third kappa shape index (κ3) is 3.31. The zero-order valence-corrected chi connectivity index (χ0v) is 12.8. The number of thioether (sulfide) groups is 1. The standard InChI is InChI=1S/C14H26N2O3S/c15-16-13(12-10-17-5-6-18-12)11-1-4-19-14(9-11)2-7-20-8-3-14/h11-13,16H,1-10,15H2. The Balaban J connectivity index is 1.64. The van der Waals surface area contributed by atoms with Crippen LogP contribution in [0, 0.1) is 5.92 Å². The predicted octanol–water partition coefficient (Wildman–Crippen LogP) is 0.926.